The molecule has 2 aliphatic rings. The number of aromatic nitrogens is 3. The molecule has 34 heavy (non-hydrogen) atoms. The Balaban J connectivity index is 1.44. The monoisotopic (exact) mass is 480 g/mol. The molecule has 9 nitrogen and oxygen atoms in total. The van der Waals surface area contributed by atoms with Gasteiger partial charge in [0, 0.05) is 13.1 Å². The SMILES string of the molecule is CC(Sc1nnc(N2CCCC2)n1Cc1ccco1)C(=O)N1c2ccccc2NC(=O)C1(C)C. The lowest BCUT2D eigenvalue weighted by molar-refractivity contribution is -0.126. The fourth-order valence-electron chi connectivity index (χ4n) is 4.45. The minimum atomic E-state index is -1.02. The van der Waals surface area contributed by atoms with Gasteiger partial charge in [-0.1, -0.05) is 23.9 Å². The van der Waals surface area contributed by atoms with Gasteiger partial charge in [0.2, 0.25) is 17.8 Å². The molecule has 10 heteroatoms. The first kappa shape index (κ1) is 22.5. The van der Waals surface area contributed by atoms with Gasteiger partial charge in [0.25, 0.3) is 0 Å². The second-order valence-corrected chi connectivity index (χ2v) is 10.4. The Labute approximate surface area is 202 Å². The van der Waals surface area contributed by atoms with E-state index in [2.05, 4.69) is 20.4 Å². The van der Waals surface area contributed by atoms with Gasteiger partial charge in [-0.2, -0.15) is 0 Å². The molecule has 1 N–H and O–H groups in total. The summed E-state index contributed by atoms with van der Waals surface area (Å²) in [5.41, 5.74) is 0.303. The zero-order valence-corrected chi connectivity index (χ0v) is 20.3. The van der Waals surface area contributed by atoms with E-state index in [-0.39, 0.29) is 11.8 Å². The minimum Gasteiger partial charge on any atom is -0.467 e. The van der Waals surface area contributed by atoms with Crippen molar-refractivity contribution in [3.63, 3.8) is 0 Å². The summed E-state index contributed by atoms with van der Waals surface area (Å²) < 4.78 is 7.60. The maximum absolute atomic E-state index is 13.8. The fourth-order valence-corrected chi connectivity index (χ4v) is 5.34. The molecule has 4 heterocycles. The Morgan fingerprint density at radius 2 is 1.94 bits per heavy atom. The van der Waals surface area contributed by atoms with Crippen LogP contribution in [0.4, 0.5) is 17.3 Å². The number of rotatable bonds is 6. The third-order valence-corrected chi connectivity index (χ3v) is 7.41. The lowest BCUT2D eigenvalue weighted by Crippen LogP contribution is -2.60. The van der Waals surface area contributed by atoms with Gasteiger partial charge in [0.15, 0.2) is 5.16 Å². The predicted octanol–water partition coefficient (Wildman–Crippen LogP) is 3.76. The summed E-state index contributed by atoms with van der Waals surface area (Å²) in [6.45, 7) is 7.72. The summed E-state index contributed by atoms with van der Waals surface area (Å²) >= 11 is 1.35. The first-order chi connectivity index (χ1) is 16.4. The Hall–Kier alpha value is -3.27. The van der Waals surface area contributed by atoms with Crippen LogP contribution in [0, 0.1) is 0 Å². The van der Waals surface area contributed by atoms with E-state index in [0.29, 0.717) is 23.1 Å². The van der Waals surface area contributed by atoms with Crippen molar-refractivity contribution < 1.29 is 14.0 Å². The molecule has 0 radical (unpaired) electrons. The Morgan fingerprint density at radius 1 is 1.18 bits per heavy atom. The molecule has 0 bridgehead atoms. The molecule has 0 saturated carbocycles. The number of benzene rings is 1. The molecule has 2 aliphatic heterocycles. The highest BCUT2D eigenvalue weighted by Crippen LogP contribution is 2.39. The number of fused-ring (bicyclic) bond motifs is 1. The normalized spacial score (nSPS) is 18.0. The molecular formula is C24H28N6O3S. The van der Waals surface area contributed by atoms with Crippen LogP contribution in [0.1, 0.15) is 39.4 Å². The van der Waals surface area contributed by atoms with Crippen LogP contribution in [0.3, 0.4) is 0 Å². The highest BCUT2D eigenvalue weighted by molar-refractivity contribution is 8.00. The number of nitrogens with one attached hydrogen (secondary N) is 1. The number of hydrogen-bond acceptors (Lipinski definition) is 7. The zero-order chi connectivity index (χ0) is 23.9. The van der Waals surface area contributed by atoms with Crippen LogP contribution in [0.15, 0.2) is 52.2 Å². The summed E-state index contributed by atoms with van der Waals surface area (Å²) in [5.74, 6) is 1.21. The van der Waals surface area contributed by atoms with Crippen LogP contribution in [-0.2, 0) is 16.1 Å². The average molecular weight is 481 g/mol. The van der Waals surface area contributed by atoms with Crippen molar-refractivity contribution in [1.82, 2.24) is 14.8 Å². The predicted molar refractivity (Wildman–Crippen MR) is 131 cm³/mol. The van der Waals surface area contributed by atoms with Crippen LogP contribution in [0.2, 0.25) is 0 Å². The quantitative estimate of drug-likeness (QED) is 0.537. The maximum Gasteiger partial charge on any atom is 0.250 e. The average Bonchev–Trinajstić information content (AvgIpc) is 3.58. The van der Waals surface area contributed by atoms with Crippen LogP contribution >= 0.6 is 11.8 Å². The summed E-state index contributed by atoms with van der Waals surface area (Å²) in [5, 5.41) is 12.0. The van der Waals surface area contributed by atoms with E-state index in [0.717, 1.165) is 37.6 Å². The van der Waals surface area contributed by atoms with Crippen molar-refractivity contribution in [2.24, 2.45) is 0 Å². The molecule has 3 aromatic rings. The molecule has 2 aromatic heterocycles. The Morgan fingerprint density at radius 3 is 2.68 bits per heavy atom. The van der Waals surface area contributed by atoms with Crippen molar-refractivity contribution in [3.05, 3.63) is 48.4 Å². The third-order valence-electron chi connectivity index (χ3n) is 6.34. The van der Waals surface area contributed by atoms with Gasteiger partial charge in [-0.15, -0.1) is 10.2 Å². The standard InChI is InChI=1S/C24H28N6O3S/c1-16(20(31)30-19-11-5-4-10-18(19)25-21(32)24(30,2)3)34-23-27-26-22(28-12-6-7-13-28)29(23)15-17-9-8-14-33-17/h4-5,8-11,14,16H,6-7,12-13,15H2,1-3H3,(H,25,32). The van der Waals surface area contributed by atoms with Crippen molar-refractivity contribution in [2.75, 3.05) is 28.2 Å². The van der Waals surface area contributed by atoms with E-state index in [1.54, 1.807) is 25.0 Å². The van der Waals surface area contributed by atoms with Gasteiger partial charge < -0.3 is 14.6 Å². The topological polar surface area (TPSA) is 96.5 Å². The Bertz CT molecular complexity index is 1200. The van der Waals surface area contributed by atoms with Crippen molar-refractivity contribution >= 4 is 40.9 Å². The number of carbonyl (C=O) groups is 2. The van der Waals surface area contributed by atoms with Crippen molar-refractivity contribution in [2.45, 2.75) is 56.1 Å². The minimum absolute atomic E-state index is 0.160. The maximum atomic E-state index is 13.8. The zero-order valence-electron chi connectivity index (χ0n) is 19.5. The van der Waals surface area contributed by atoms with Crippen LogP contribution in [0.25, 0.3) is 0 Å². The highest BCUT2D eigenvalue weighted by Gasteiger charge is 2.45. The molecule has 1 fully saturated rings. The Kier molecular flexibility index (Phi) is 5.85. The fraction of sp³-hybridized carbons (Fsp3) is 0.417. The molecule has 5 rings (SSSR count). The molecule has 178 valence electrons. The van der Waals surface area contributed by atoms with E-state index < -0.39 is 10.8 Å². The first-order valence-electron chi connectivity index (χ1n) is 11.5. The van der Waals surface area contributed by atoms with E-state index in [1.807, 2.05) is 47.9 Å². The van der Waals surface area contributed by atoms with Crippen LogP contribution in [0.5, 0.6) is 0 Å². The molecule has 0 aliphatic carbocycles. The molecule has 2 amide bonds. The van der Waals surface area contributed by atoms with Gasteiger partial charge in [0.05, 0.1) is 29.4 Å². The summed E-state index contributed by atoms with van der Waals surface area (Å²) in [6, 6.07) is 11.2. The summed E-state index contributed by atoms with van der Waals surface area (Å²) in [6.07, 6.45) is 3.89. The third kappa shape index (κ3) is 3.96. The lowest BCUT2D eigenvalue weighted by Gasteiger charge is -2.43. The number of amides is 2. The van der Waals surface area contributed by atoms with E-state index >= 15 is 0 Å². The van der Waals surface area contributed by atoms with Crippen LogP contribution < -0.4 is 15.1 Å². The number of hydrogen-bond donors (Lipinski definition) is 1. The molecular weight excluding hydrogens is 452 g/mol. The largest absolute Gasteiger partial charge is 0.467 e. The second kappa shape index (κ2) is 8.83. The number of thioether (sulfide) groups is 1. The number of para-hydroxylation sites is 2. The number of nitrogens with zero attached hydrogens (tertiary/aromatic N) is 5. The van der Waals surface area contributed by atoms with Crippen molar-refractivity contribution in [3.8, 4) is 0 Å². The van der Waals surface area contributed by atoms with E-state index in [4.69, 9.17) is 4.42 Å². The summed E-state index contributed by atoms with van der Waals surface area (Å²) in [4.78, 5) is 30.4. The molecule has 0 spiro atoms. The van der Waals surface area contributed by atoms with Gasteiger partial charge in [0.1, 0.15) is 11.3 Å². The number of carbonyl (C=O) groups excluding carboxylic acids is 2. The highest BCUT2D eigenvalue weighted by atomic mass is 32.2. The second-order valence-electron chi connectivity index (χ2n) is 9.11. The first-order valence-corrected chi connectivity index (χ1v) is 12.4. The van der Waals surface area contributed by atoms with Gasteiger partial charge in [-0.3, -0.25) is 19.1 Å². The van der Waals surface area contributed by atoms with Gasteiger partial charge in [-0.25, -0.2) is 0 Å². The van der Waals surface area contributed by atoms with Gasteiger partial charge >= 0.3 is 0 Å². The van der Waals surface area contributed by atoms with E-state index in [1.165, 1.54) is 11.8 Å². The van der Waals surface area contributed by atoms with Crippen LogP contribution in [-0.4, -0.2) is 50.5 Å². The lowest BCUT2D eigenvalue weighted by atomic mass is 9.96. The molecule has 1 atom stereocenters. The molecule has 1 saturated heterocycles. The van der Waals surface area contributed by atoms with Crippen molar-refractivity contribution in [1.29, 1.82) is 0 Å². The number of anilines is 3. The smallest absolute Gasteiger partial charge is 0.250 e. The van der Waals surface area contributed by atoms with Gasteiger partial charge in [-0.05, 0) is 57.9 Å². The summed E-state index contributed by atoms with van der Waals surface area (Å²) in [7, 11) is 0. The molecule has 1 aromatic carbocycles. The van der Waals surface area contributed by atoms with E-state index in [9.17, 15) is 9.59 Å². The number of furan rings is 1. The molecule has 1 unspecified atom stereocenters.